The second-order valence-corrected chi connectivity index (χ2v) is 5.16. The van der Waals surface area contributed by atoms with Gasteiger partial charge in [0.25, 0.3) is 0 Å². The number of carboxylic acids is 1. The average molecular weight is 271 g/mol. The summed E-state index contributed by atoms with van der Waals surface area (Å²) in [7, 11) is 0. The number of amides is 3. The van der Waals surface area contributed by atoms with Gasteiger partial charge in [0.2, 0.25) is 5.91 Å². The molecule has 1 aliphatic carbocycles. The molecule has 0 radical (unpaired) electrons. The summed E-state index contributed by atoms with van der Waals surface area (Å²) in [6, 6.07) is -2.24. The number of urea groups is 1. The Bertz CT molecular complexity index is 366. The highest BCUT2D eigenvalue weighted by molar-refractivity contribution is 5.88. The summed E-state index contributed by atoms with van der Waals surface area (Å²) in [5.74, 6) is -1.34. The van der Waals surface area contributed by atoms with Gasteiger partial charge in [-0.1, -0.05) is 0 Å². The molecule has 1 aliphatic rings. The lowest BCUT2D eigenvalue weighted by Gasteiger charge is -2.18. The van der Waals surface area contributed by atoms with Crippen LogP contribution in [0.4, 0.5) is 4.79 Å². The molecule has 7 nitrogen and oxygen atoms in total. The molecule has 3 amide bonds. The highest BCUT2D eigenvalue weighted by atomic mass is 16.4. The number of carboxylic acid groups (broad SMARTS) is 1. The van der Waals surface area contributed by atoms with Crippen LogP contribution in [0.3, 0.4) is 0 Å². The summed E-state index contributed by atoms with van der Waals surface area (Å²) in [6.07, 6.45) is 1.61. The second-order valence-electron chi connectivity index (χ2n) is 5.16. The Hall–Kier alpha value is -1.79. The molecule has 0 aliphatic heterocycles. The van der Waals surface area contributed by atoms with E-state index in [0.717, 1.165) is 12.8 Å². The maximum atomic E-state index is 11.6. The monoisotopic (exact) mass is 271 g/mol. The van der Waals surface area contributed by atoms with Gasteiger partial charge in [-0.15, -0.1) is 0 Å². The van der Waals surface area contributed by atoms with Gasteiger partial charge in [-0.05, 0) is 39.5 Å². The summed E-state index contributed by atoms with van der Waals surface area (Å²) < 4.78 is 0. The lowest BCUT2D eigenvalue weighted by molar-refractivity contribution is -0.139. The van der Waals surface area contributed by atoms with Crippen LogP contribution in [0.25, 0.3) is 0 Å². The molecule has 1 saturated carbocycles. The third kappa shape index (κ3) is 5.15. The molecule has 0 bridgehead atoms. The van der Waals surface area contributed by atoms with Crippen molar-refractivity contribution in [3.8, 4) is 0 Å². The number of carbonyl (C=O) groups excluding carboxylic acids is 2. The zero-order valence-corrected chi connectivity index (χ0v) is 11.4. The summed E-state index contributed by atoms with van der Waals surface area (Å²) in [5, 5.41) is 16.4. The highest BCUT2D eigenvalue weighted by Gasteiger charge is 2.37. The fourth-order valence-corrected chi connectivity index (χ4v) is 1.67. The van der Waals surface area contributed by atoms with Gasteiger partial charge in [-0.25, -0.2) is 9.59 Å². The number of nitrogens with one attached hydrogen (secondary N) is 3. The van der Waals surface area contributed by atoms with Crippen LogP contribution in [0, 0.1) is 5.92 Å². The number of rotatable bonds is 6. The van der Waals surface area contributed by atoms with Crippen molar-refractivity contribution in [1.82, 2.24) is 16.0 Å². The molecule has 0 spiro atoms. The van der Waals surface area contributed by atoms with E-state index in [4.69, 9.17) is 5.11 Å². The van der Waals surface area contributed by atoms with Gasteiger partial charge in [0, 0.05) is 6.04 Å². The Kier molecular flexibility index (Phi) is 5.14. The van der Waals surface area contributed by atoms with E-state index in [1.165, 1.54) is 0 Å². The third-order valence-electron chi connectivity index (χ3n) is 2.82. The van der Waals surface area contributed by atoms with Crippen LogP contribution in [0.1, 0.15) is 33.6 Å². The first-order valence-electron chi connectivity index (χ1n) is 6.41. The lowest BCUT2D eigenvalue weighted by atomic mass is 10.2. The lowest BCUT2D eigenvalue weighted by Crippen LogP contribution is -2.53. The van der Waals surface area contributed by atoms with Crippen LogP contribution >= 0.6 is 0 Å². The number of hydrogen-bond acceptors (Lipinski definition) is 3. The van der Waals surface area contributed by atoms with E-state index in [9.17, 15) is 14.4 Å². The van der Waals surface area contributed by atoms with Gasteiger partial charge in [0.1, 0.15) is 12.1 Å². The molecule has 0 aromatic carbocycles. The minimum absolute atomic E-state index is 0.00282. The summed E-state index contributed by atoms with van der Waals surface area (Å²) in [6.45, 7) is 5.18. The van der Waals surface area contributed by atoms with Gasteiger partial charge in [0.15, 0.2) is 0 Å². The molecule has 0 saturated heterocycles. The van der Waals surface area contributed by atoms with E-state index in [1.54, 1.807) is 6.92 Å². The number of aliphatic carboxylic acids is 1. The van der Waals surface area contributed by atoms with E-state index < -0.39 is 24.1 Å². The van der Waals surface area contributed by atoms with Gasteiger partial charge in [-0.3, -0.25) is 4.79 Å². The molecular weight excluding hydrogens is 250 g/mol. The molecule has 1 rings (SSSR count). The Morgan fingerprint density at radius 1 is 1.05 bits per heavy atom. The van der Waals surface area contributed by atoms with Crippen molar-refractivity contribution in [1.29, 1.82) is 0 Å². The Labute approximate surface area is 112 Å². The normalized spacial score (nSPS) is 17.5. The molecule has 108 valence electrons. The van der Waals surface area contributed by atoms with Crippen LogP contribution in [0.2, 0.25) is 0 Å². The van der Waals surface area contributed by atoms with Crippen molar-refractivity contribution in [3.05, 3.63) is 0 Å². The summed E-state index contributed by atoms with van der Waals surface area (Å²) >= 11 is 0. The molecule has 2 unspecified atom stereocenters. The van der Waals surface area contributed by atoms with Crippen molar-refractivity contribution in [2.45, 2.75) is 51.7 Å². The molecule has 4 N–H and O–H groups in total. The van der Waals surface area contributed by atoms with Crippen molar-refractivity contribution in [2.24, 2.45) is 5.92 Å². The molecule has 2 atom stereocenters. The first-order valence-corrected chi connectivity index (χ1v) is 6.41. The van der Waals surface area contributed by atoms with Crippen molar-refractivity contribution in [3.63, 3.8) is 0 Å². The molecular formula is C12H21N3O4. The van der Waals surface area contributed by atoms with E-state index in [-0.39, 0.29) is 17.9 Å². The third-order valence-corrected chi connectivity index (χ3v) is 2.82. The summed E-state index contributed by atoms with van der Waals surface area (Å²) in [4.78, 5) is 34.2. The van der Waals surface area contributed by atoms with E-state index in [0.29, 0.717) is 0 Å². The van der Waals surface area contributed by atoms with Gasteiger partial charge in [-0.2, -0.15) is 0 Å². The van der Waals surface area contributed by atoms with Crippen molar-refractivity contribution < 1.29 is 19.5 Å². The molecule has 0 aromatic rings. The average Bonchev–Trinajstić information content (AvgIpc) is 3.08. The van der Waals surface area contributed by atoms with Gasteiger partial charge < -0.3 is 21.1 Å². The molecule has 0 aromatic heterocycles. The van der Waals surface area contributed by atoms with E-state index in [2.05, 4.69) is 16.0 Å². The van der Waals surface area contributed by atoms with Crippen LogP contribution in [0.5, 0.6) is 0 Å². The van der Waals surface area contributed by atoms with Crippen LogP contribution in [-0.4, -0.2) is 41.1 Å². The minimum atomic E-state index is -1.04. The van der Waals surface area contributed by atoms with Crippen LogP contribution < -0.4 is 16.0 Å². The standard InChI is InChI=1S/C12H21N3O4/c1-6(2)13-10(16)7(3)14-12(19)15-9(11(17)18)8-4-5-8/h6-9H,4-5H2,1-3H3,(H,13,16)(H,17,18)(H2,14,15,19). The predicted molar refractivity (Wildman–Crippen MR) is 68.6 cm³/mol. The zero-order valence-electron chi connectivity index (χ0n) is 11.4. The molecule has 1 fully saturated rings. The van der Waals surface area contributed by atoms with Gasteiger partial charge in [0.05, 0.1) is 0 Å². The first kappa shape index (κ1) is 15.3. The topological polar surface area (TPSA) is 108 Å². The van der Waals surface area contributed by atoms with Crippen molar-refractivity contribution >= 4 is 17.9 Å². The fourth-order valence-electron chi connectivity index (χ4n) is 1.67. The zero-order chi connectivity index (χ0) is 14.6. The Morgan fingerprint density at radius 2 is 1.63 bits per heavy atom. The maximum absolute atomic E-state index is 11.6. The van der Waals surface area contributed by atoms with Crippen molar-refractivity contribution in [2.75, 3.05) is 0 Å². The Morgan fingerprint density at radius 3 is 2.05 bits per heavy atom. The van der Waals surface area contributed by atoms with Crippen LogP contribution in [0.15, 0.2) is 0 Å². The van der Waals surface area contributed by atoms with Crippen LogP contribution in [-0.2, 0) is 9.59 Å². The highest BCUT2D eigenvalue weighted by Crippen LogP contribution is 2.32. The Balaban J connectivity index is 2.41. The summed E-state index contributed by atoms with van der Waals surface area (Å²) in [5.41, 5.74) is 0. The first-order chi connectivity index (χ1) is 8.81. The van der Waals surface area contributed by atoms with E-state index >= 15 is 0 Å². The molecule has 0 heterocycles. The second kappa shape index (κ2) is 6.40. The predicted octanol–water partition coefficient (Wildman–Crippen LogP) is 0.0619. The molecule has 19 heavy (non-hydrogen) atoms. The molecule has 7 heteroatoms. The SMILES string of the molecule is CC(C)NC(=O)C(C)NC(=O)NC(C(=O)O)C1CC1. The smallest absolute Gasteiger partial charge is 0.326 e. The van der Waals surface area contributed by atoms with E-state index in [1.807, 2.05) is 13.8 Å². The van der Waals surface area contributed by atoms with Gasteiger partial charge >= 0.3 is 12.0 Å². The quantitative estimate of drug-likeness (QED) is 0.548. The maximum Gasteiger partial charge on any atom is 0.326 e. The number of carbonyl (C=O) groups is 3. The minimum Gasteiger partial charge on any atom is -0.480 e. The largest absolute Gasteiger partial charge is 0.480 e. The fraction of sp³-hybridized carbons (Fsp3) is 0.750. The number of hydrogen-bond donors (Lipinski definition) is 4.